The molecule has 0 aromatic carbocycles. The fourth-order valence-corrected chi connectivity index (χ4v) is 3.25. The highest BCUT2D eigenvalue weighted by atomic mass is 16.5. The summed E-state index contributed by atoms with van der Waals surface area (Å²) in [7, 11) is 1.70. The summed E-state index contributed by atoms with van der Waals surface area (Å²) in [6, 6.07) is 0.158. The van der Waals surface area contributed by atoms with Gasteiger partial charge in [-0.1, -0.05) is 13.3 Å². The molecule has 0 saturated carbocycles. The molecule has 4 heteroatoms. The molecule has 1 aliphatic heterocycles. The average Bonchev–Trinajstić information content (AvgIpc) is 2.41. The van der Waals surface area contributed by atoms with Crippen LogP contribution in [0.5, 0.6) is 0 Å². The normalized spacial score (nSPS) is 20.0. The van der Waals surface area contributed by atoms with Crippen molar-refractivity contribution in [3.05, 3.63) is 0 Å². The van der Waals surface area contributed by atoms with Gasteiger partial charge in [-0.15, -0.1) is 0 Å². The lowest BCUT2D eigenvalue weighted by Crippen LogP contribution is -2.52. The first kappa shape index (κ1) is 16.4. The third-order valence-electron chi connectivity index (χ3n) is 4.28. The van der Waals surface area contributed by atoms with Crippen LogP contribution in [-0.2, 0) is 9.53 Å². The number of hydrogen-bond donors (Lipinski definition) is 1. The Morgan fingerprint density at radius 1 is 1.37 bits per heavy atom. The second-order valence-corrected chi connectivity index (χ2v) is 5.68. The van der Waals surface area contributed by atoms with E-state index in [1.165, 1.54) is 0 Å². The number of piperidine rings is 1. The van der Waals surface area contributed by atoms with Crippen LogP contribution in [0.2, 0.25) is 0 Å². The molecule has 0 aromatic heterocycles. The smallest absolute Gasteiger partial charge is 0.229 e. The van der Waals surface area contributed by atoms with Crippen LogP contribution in [0.4, 0.5) is 0 Å². The van der Waals surface area contributed by atoms with Gasteiger partial charge in [-0.05, 0) is 46.2 Å². The molecule has 0 aromatic rings. The van der Waals surface area contributed by atoms with Gasteiger partial charge in [-0.3, -0.25) is 4.79 Å². The van der Waals surface area contributed by atoms with Crippen molar-refractivity contribution in [2.45, 2.75) is 52.5 Å². The van der Waals surface area contributed by atoms with Crippen LogP contribution in [0.1, 0.15) is 46.5 Å². The van der Waals surface area contributed by atoms with Crippen molar-refractivity contribution in [1.29, 1.82) is 0 Å². The average molecular weight is 270 g/mol. The Hall–Kier alpha value is -0.610. The van der Waals surface area contributed by atoms with Gasteiger partial charge in [0.2, 0.25) is 5.91 Å². The van der Waals surface area contributed by atoms with Gasteiger partial charge in [0, 0.05) is 13.7 Å². The quantitative estimate of drug-likeness (QED) is 0.770. The Balaban J connectivity index is 2.84. The topological polar surface area (TPSA) is 41.6 Å². The monoisotopic (exact) mass is 270 g/mol. The van der Waals surface area contributed by atoms with E-state index in [1.807, 2.05) is 4.90 Å². The molecule has 19 heavy (non-hydrogen) atoms. The van der Waals surface area contributed by atoms with Crippen molar-refractivity contribution in [2.75, 3.05) is 33.4 Å². The summed E-state index contributed by atoms with van der Waals surface area (Å²) in [5.74, 6) is 0.336. The third kappa shape index (κ3) is 3.93. The summed E-state index contributed by atoms with van der Waals surface area (Å²) < 4.78 is 5.21. The van der Waals surface area contributed by atoms with E-state index in [2.05, 4.69) is 26.1 Å². The molecule has 0 bridgehead atoms. The number of carbonyl (C=O) groups excluding carboxylic acids is 1. The van der Waals surface area contributed by atoms with Gasteiger partial charge < -0.3 is 15.0 Å². The summed E-state index contributed by atoms with van der Waals surface area (Å²) in [6.07, 6.45) is 4.01. The standard InChI is InChI=1S/C15H30N2O2/c1-5-7-15(8-10-16-11-9-15)14(18)17(6-2)13(3)12-19-4/h13,16H,5-12H2,1-4H3. The summed E-state index contributed by atoms with van der Waals surface area (Å²) >= 11 is 0. The molecule has 0 radical (unpaired) electrons. The molecule has 1 fully saturated rings. The van der Waals surface area contributed by atoms with Crippen LogP contribution in [0, 0.1) is 5.41 Å². The van der Waals surface area contributed by atoms with Gasteiger partial charge in [0.15, 0.2) is 0 Å². The Kier molecular flexibility index (Phi) is 6.80. The molecule has 112 valence electrons. The number of rotatable bonds is 7. The molecule has 1 aliphatic rings. The molecule has 1 unspecified atom stereocenters. The van der Waals surface area contributed by atoms with Crippen molar-refractivity contribution < 1.29 is 9.53 Å². The first-order chi connectivity index (χ1) is 9.11. The molecule has 1 atom stereocenters. The Bertz CT molecular complexity index is 270. The molecular weight excluding hydrogens is 240 g/mol. The number of methoxy groups -OCH3 is 1. The van der Waals surface area contributed by atoms with Gasteiger partial charge in [0.25, 0.3) is 0 Å². The van der Waals surface area contributed by atoms with E-state index in [4.69, 9.17) is 4.74 Å². The van der Waals surface area contributed by atoms with Gasteiger partial charge in [0.1, 0.15) is 0 Å². The minimum atomic E-state index is -0.141. The predicted octanol–water partition coefficient (Wildman–Crippen LogP) is 2.04. The van der Waals surface area contributed by atoms with Crippen LogP contribution in [-0.4, -0.2) is 50.2 Å². The van der Waals surface area contributed by atoms with E-state index >= 15 is 0 Å². The second kappa shape index (κ2) is 7.85. The lowest BCUT2D eigenvalue weighted by Gasteiger charge is -2.41. The zero-order valence-corrected chi connectivity index (χ0v) is 13.0. The number of amides is 1. The fourth-order valence-electron chi connectivity index (χ4n) is 3.25. The summed E-state index contributed by atoms with van der Waals surface area (Å²) in [5, 5.41) is 3.37. The number of nitrogens with zero attached hydrogens (tertiary/aromatic N) is 1. The highest BCUT2D eigenvalue weighted by Crippen LogP contribution is 2.36. The van der Waals surface area contributed by atoms with E-state index in [0.717, 1.165) is 45.3 Å². The van der Waals surface area contributed by atoms with Crippen LogP contribution in [0.3, 0.4) is 0 Å². The second-order valence-electron chi connectivity index (χ2n) is 5.68. The van der Waals surface area contributed by atoms with Crippen molar-refractivity contribution in [2.24, 2.45) is 5.41 Å². The SMILES string of the molecule is CCCC1(C(=O)N(CC)C(C)COC)CCNCC1. The summed E-state index contributed by atoms with van der Waals surface area (Å²) in [5.41, 5.74) is -0.141. The molecule has 0 spiro atoms. The Morgan fingerprint density at radius 3 is 2.47 bits per heavy atom. The largest absolute Gasteiger partial charge is 0.383 e. The van der Waals surface area contributed by atoms with Crippen LogP contribution >= 0.6 is 0 Å². The van der Waals surface area contributed by atoms with E-state index in [-0.39, 0.29) is 11.5 Å². The van der Waals surface area contributed by atoms with Crippen LogP contribution in [0.25, 0.3) is 0 Å². The van der Waals surface area contributed by atoms with Crippen molar-refractivity contribution >= 4 is 5.91 Å². The molecule has 0 aliphatic carbocycles. The fraction of sp³-hybridized carbons (Fsp3) is 0.933. The molecule has 1 heterocycles. The first-order valence-electron chi connectivity index (χ1n) is 7.62. The molecule has 4 nitrogen and oxygen atoms in total. The number of nitrogens with one attached hydrogen (secondary N) is 1. The molecular formula is C15H30N2O2. The molecule has 1 rings (SSSR count). The first-order valence-corrected chi connectivity index (χ1v) is 7.62. The van der Waals surface area contributed by atoms with Gasteiger partial charge in [-0.25, -0.2) is 0 Å². The summed E-state index contributed by atoms with van der Waals surface area (Å²) in [6.45, 7) is 9.61. The zero-order chi connectivity index (χ0) is 14.3. The minimum absolute atomic E-state index is 0.141. The van der Waals surface area contributed by atoms with E-state index in [0.29, 0.717) is 12.5 Å². The van der Waals surface area contributed by atoms with Gasteiger partial charge in [-0.2, -0.15) is 0 Å². The minimum Gasteiger partial charge on any atom is -0.383 e. The zero-order valence-electron chi connectivity index (χ0n) is 13.0. The number of likely N-dealkylation sites (N-methyl/N-ethyl adjacent to an activating group) is 1. The van der Waals surface area contributed by atoms with Crippen LogP contribution in [0.15, 0.2) is 0 Å². The van der Waals surface area contributed by atoms with Crippen molar-refractivity contribution in [3.8, 4) is 0 Å². The maximum absolute atomic E-state index is 13.0. The number of hydrogen-bond acceptors (Lipinski definition) is 3. The van der Waals surface area contributed by atoms with E-state index in [9.17, 15) is 4.79 Å². The Morgan fingerprint density at radius 2 is 2.00 bits per heavy atom. The van der Waals surface area contributed by atoms with Gasteiger partial charge >= 0.3 is 0 Å². The van der Waals surface area contributed by atoms with E-state index < -0.39 is 0 Å². The molecule has 1 saturated heterocycles. The lowest BCUT2D eigenvalue weighted by atomic mass is 9.74. The Labute approximate surface area is 117 Å². The maximum atomic E-state index is 13.0. The maximum Gasteiger partial charge on any atom is 0.229 e. The highest BCUT2D eigenvalue weighted by Gasteiger charge is 2.41. The van der Waals surface area contributed by atoms with E-state index in [1.54, 1.807) is 7.11 Å². The third-order valence-corrected chi connectivity index (χ3v) is 4.28. The number of carbonyl (C=O) groups is 1. The van der Waals surface area contributed by atoms with Crippen molar-refractivity contribution in [1.82, 2.24) is 10.2 Å². The summed E-state index contributed by atoms with van der Waals surface area (Å²) in [4.78, 5) is 15.0. The predicted molar refractivity (Wildman–Crippen MR) is 78.2 cm³/mol. The van der Waals surface area contributed by atoms with Gasteiger partial charge in [0.05, 0.1) is 18.1 Å². The molecule has 1 N–H and O–H groups in total. The highest BCUT2D eigenvalue weighted by molar-refractivity contribution is 5.83. The molecule has 1 amide bonds. The number of ether oxygens (including phenoxy) is 1. The van der Waals surface area contributed by atoms with Crippen LogP contribution < -0.4 is 5.32 Å². The lowest BCUT2D eigenvalue weighted by molar-refractivity contribution is -0.147. The van der Waals surface area contributed by atoms with Crippen molar-refractivity contribution in [3.63, 3.8) is 0 Å².